The molecule has 7 heteroatoms. The first kappa shape index (κ1) is 25.2. The molecule has 1 unspecified atom stereocenters. The number of hydrogen-bond acceptors (Lipinski definition) is 4. The van der Waals surface area contributed by atoms with Crippen molar-refractivity contribution in [2.24, 2.45) is 5.14 Å². The number of methoxy groups -OCH3 is 1. The molecule has 4 aromatic carbocycles. The van der Waals surface area contributed by atoms with E-state index in [1.807, 2.05) is 72.8 Å². The molecule has 5 rings (SSSR count). The second-order valence-electron chi connectivity index (χ2n) is 8.97. The molecule has 0 spiro atoms. The maximum atomic E-state index is 14.2. The van der Waals surface area contributed by atoms with Crippen LogP contribution in [0.15, 0.2) is 108 Å². The maximum absolute atomic E-state index is 14.2. The van der Waals surface area contributed by atoms with Gasteiger partial charge in [-0.2, -0.15) is 0 Å². The van der Waals surface area contributed by atoms with Crippen LogP contribution in [0.1, 0.15) is 32.6 Å². The monoisotopic (exact) mass is 522 g/mol. The minimum atomic E-state index is -2.87. The highest BCUT2D eigenvalue weighted by atomic mass is 32.2. The van der Waals surface area contributed by atoms with Gasteiger partial charge in [-0.15, -0.1) is 0 Å². The number of rotatable bonds is 6. The van der Waals surface area contributed by atoms with Crippen molar-refractivity contribution in [3.8, 4) is 0 Å². The molecule has 38 heavy (non-hydrogen) atoms. The molecule has 1 aliphatic heterocycles. The van der Waals surface area contributed by atoms with Crippen molar-refractivity contribution in [1.29, 1.82) is 0 Å². The summed E-state index contributed by atoms with van der Waals surface area (Å²) in [7, 11) is -1.53. The van der Waals surface area contributed by atoms with Gasteiger partial charge in [0, 0.05) is 16.0 Å². The molecule has 0 aromatic heterocycles. The summed E-state index contributed by atoms with van der Waals surface area (Å²) >= 11 is 0. The van der Waals surface area contributed by atoms with Crippen LogP contribution in [-0.2, 0) is 25.8 Å². The van der Waals surface area contributed by atoms with Crippen molar-refractivity contribution in [2.45, 2.75) is 11.4 Å². The van der Waals surface area contributed by atoms with Crippen LogP contribution < -0.4 is 10.0 Å². The fourth-order valence-corrected chi connectivity index (χ4v) is 5.28. The molecule has 0 saturated carbocycles. The van der Waals surface area contributed by atoms with E-state index in [2.05, 4.69) is 5.87 Å². The summed E-state index contributed by atoms with van der Waals surface area (Å²) in [6.45, 7) is 0.280. The zero-order valence-electron chi connectivity index (χ0n) is 20.8. The largest absolute Gasteiger partial charge is 0.465 e. The number of para-hydroxylation sites is 1. The van der Waals surface area contributed by atoms with Gasteiger partial charge in [0.25, 0.3) is 5.91 Å². The third-order valence-corrected chi connectivity index (χ3v) is 7.54. The Balaban J connectivity index is 1.67. The standard InChI is InChI=1S/C31H26N2O4S/c1-37-31(35)24-12-8-9-21(19-24)20-33-27-14-7-6-13-26(27)29(30(33)34)28(22-10-4-3-5-11-22)23-15-17-25(18-16-23)38(2,32)36/h3-19H,2,20H2,1H3,(H2,32,36)/b29-28+. The summed E-state index contributed by atoms with van der Waals surface area (Å²) < 4.78 is 17.1. The van der Waals surface area contributed by atoms with E-state index in [-0.39, 0.29) is 12.5 Å². The summed E-state index contributed by atoms with van der Waals surface area (Å²) in [5, 5.41) is 5.75. The highest BCUT2D eigenvalue weighted by molar-refractivity contribution is 7.98. The van der Waals surface area contributed by atoms with E-state index in [0.717, 1.165) is 33.5 Å². The van der Waals surface area contributed by atoms with Crippen LogP contribution in [0.25, 0.3) is 11.1 Å². The molecule has 1 heterocycles. The molecule has 1 aliphatic rings. The summed E-state index contributed by atoms with van der Waals surface area (Å²) in [6.07, 6.45) is 0. The van der Waals surface area contributed by atoms with Gasteiger partial charge in [-0.1, -0.05) is 72.8 Å². The van der Waals surface area contributed by atoms with Gasteiger partial charge in [0.05, 0.1) is 40.2 Å². The third-order valence-electron chi connectivity index (χ3n) is 6.47. The minimum absolute atomic E-state index is 0.155. The first-order valence-corrected chi connectivity index (χ1v) is 13.7. The second kappa shape index (κ2) is 10.1. The Labute approximate surface area is 222 Å². The second-order valence-corrected chi connectivity index (χ2v) is 10.9. The number of amides is 1. The van der Waals surface area contributed by atoms with Gasteiger partial charge in [0.2, 0.25) is 0 Å². The Hall–Kier alpha value is -4.46. The van der Waals surface area contributed by atoms with Crippen LogP contribution in [0.2, 0.25) is 0 Å². The highest BCUT2D eigenvalue weighted by Crippen LogP contribution is 2.43. The Bertz CT molecular complexity index is 1670. The van der Waals surface area contributed by atoms with Crippen molar-refractivity contribution < 1.29 is 18.5 Å². The molecular formula is C31H26N2O4S. The number of benzene rings is 4. The number of anilines is 1. The van der Waals surface area contributed by atoms with Crippen molar-refractivity contribution in [3.05, 3.63) is 131 Å². The van der Waals surface area contributed by atoms with E-state index >= 15 is 0 Å². The third kappa shape index (κ3) is 4.77. The van der Waals surface area contributed by atoms with Crippen LogP contribution in [0.3, 0.4) is 0 Å². The Morgan fingerprint density at radius 3 is 2.18 bits per heavy atom. The molecule has 0 fully saturated rings. The average Bonchev–Trinajstić information content (AvgIpc) is 3.20. The summed E-state index contributed by atoms with van der Waals surface area (Å²) in [4.78, 5) is 28.4. The van der Waals surface area contributed by atoms with Crippen molar-refractivity contribution in [2.75, 3.05) is 12.0 Å². The number of hydrogen-bond donors (Lipinski definition) is 1. The summed E-state index contributed by atoms with van der Waals surface area (Å²) in [5.74, 6) is 2.98. The van der Waals surface area contributed by atoms with Gasteiger partial charge in [-0.3, -0.25) is 9.93 Å². The number of ether oxygens (including phenoxy) is 1. The maximum Gasteiger partial charge on any atom is 0.337 e. The van der Waals surface area contributed by atoms with E-state index in [1.165, 1.54) is 7.11 Å². The highest BCUT2D eigenvalue weighted by Gasteiger charge is 2.35. The molecule has 4 aromatic rings. The minimum Gasteiger partial charge on any atom is -0.465 e. The molecule has 6 nitrogen and oxygen atoms in total. The lowest BCUT2D eigenvalue weighted by Crippen LogP contribution is -2.26. The smallest absolute Gasteiger partial charge is 0.337 e. The first-order chi connectivity index (χ1) is 18.3. The summed E-state index contributed by atoms with van der Waals surface area (Å²) in [6, 6.07) is 31.5. The van der Waals surface area contributed by atoms with Crippen LogP contribution >= 0.6 is 0 Å². The fourth-order valence-electron chi connectivity index (χ4n) is 4.69. The van der Waals surface area contributed by atoms with Crippen LogP contribution in [0.4, 0.5) is 5.69 Å². The van der Waals surface area contributed by atoms with Crippen molar-refractivity contribution in [3.63, 3.8) is 0 Å². The van der Waals surface area contributed by atoms with Gasteiger partial charge in [0.1, 0.15) is 0 Å². The van der Waals surface area contributed by atoms with E-state index < -0.39 is 15.7 Å². The zero-order chi connectivity index (χ0) is 26.9. The topological polar surface area (TPSA) is 89.7 Å². The predicted octanol–water partition coefficient (Wildman–Crippen LogP) is 4.93. The molecule has 0 saturated heterocycles. The van der Waals surface area contributed by atoms with Crippen LogP contribution in [0, 0.1) is 0 Å². The van der Waals surface area contributed by atoms with Crippen molar-refractivity contribution in [1.82, 2.24) is 0 Å². The Kier molecular flexibility index (Phi) is 6.72. The van der Waals surface area contributed by atoms with Gasteiger partial charge in [-0.05, 0) is 52.9 Å². The molecular weight excluding hydrogens is 496 g/mol. The van der Waals surface area contributed by atoms with E-state index in [0.29, 0.717) is 16.0 Å². The number of esters is 1. The first-order valence-electron chi connectivity index (χ1n) is 11.9. The van der Waals surface area contributed by atoms with Crippen LogP contribution in [-0.4, -0.2) is 29.1 Å². The molecule has 0 aliphatic carbocycles. The van der Waals surface area contributed by atoms with E-state index in [4.69, 9.17) is 9.88 Å². The van der Waals surface area contributed by atoms with Gasteiger partial charge in [-0.25, -0.2) is 9.00 Å². The summed E-state index contributed by atoms with van der Waals surface area (Å²) in [5.41, 5.74) is 5.80. The number of carbonyl (C=O) groups excluding carboxylic acids is 2. The number of fused-ring (bicyclic) bond motifs is 1. The molecule has 2 N–H and O–H groups in total. The average molecular weight is 523 g/mol. The fraction of sp³-hybridized carbons (Fsp3) is 0.0645. The zero-order valence-corrected chi connectivity index (χ0v) is 21.6. The molecule has 0 bridgehead atoms. The van der Waals surface area contributed by atoms with Crippen LogP contribution in [0.5, 0.6) is 0 Å². The lowest BCUT2D eigenvalue weighted by atomic mass is 9.90. The van der Waals surface area contributed by atoms with Gasteiger partial charge in [0.15, 0.2) is 0 Å². The Morgan fingerprint density at radius 1 is 0.868 bits per heavy atom. The normalized spacial score (nSPS) is 15.5. The number of nitrogens with two attached hydrogens (primary N) is 1. The Morgan fingerprint density at radius 2 is 1.50 bits per heavy atom. The SMILES string of the molecule is C=S(N)(=O)c1ccc(/C(=C2/C(=O)N(Cc3cccc(C(=O)OC)c3)c3ccccc32)c2ccccc2)cc1. The molecule has 190 valence electrons. The van der Waals surface area contributed by atoms with Crippen molar-refractivity contribution >= 4 is 44.3 Å². The molecule has 0 radical (unpaired) electrons. The molecule has 1 atom stereocenters. The lowest BCUT2D eigenvalue weighted by molar-refractivity contribution is -0.113. The van der Waals surface area contributed by atoms with Gasteiger partial charge < -0.3 is 9.64 Å². The number of carbonyl (C=O) groups is 2. The van der Waals surface area contributed by atoms with E-state index in [1.54, 1.807) is 35.2 Å². The molecule has 1 amide bonds. The van der Waals surface area contributed by atoms with Gasteiger partial charge >= 0.3 is 5.97 Å². The number of nitrogens with zero attached hydrogens (tertiary/aromatic N) is 1. The predicted molar refractivity (Wildman–Crippen MR) is 152 cm³/mol. The quantitative estimate of drug-likeness (QED) is 0.221. The lowest BCUT2D eigenvalue weighted by Gasteiger charge is -2.18. The van der Waals surface area contributed by atoms with E-state index in [9.17, 15) is 13.8 Å².